The number of anilines is 2. The van der Waals surface area contributed by atoms with Gasteiger partial charge in [-0.25, -0.2) is 8.42 Å². The van der Waals surface area contributed by atoms with Crippen LogP contribution in [0.15, 0.2) is 72.8 Å². The Hall–Kier alpha value is -3.65. The predicted molar refractivity (Wildman–Crippen MR) is 136 cm³/mol. The summed E-state index contributed by atoms with van der Waals surface area (Å²) >= 11 is 0. The summed E-state index contributed by atoms with van der Waals surface area (Å²) in [6.07, 6.45) is 1.74. The molecule has 0 unspecified atom stereocenters. The summed E-state index contributed by atoms with van der Waals surface area (Å²) in [6, 6.07) is 21.8. The lowest BCUT2D eigenvalue weighted by Gasteiger charge is -2.24. The molecule has 34 heavy (non-hydrogen) atoms. The highest BCUT2D eigenvalue weighted by atomic mass is 32.2. The SMILES string of the molecule is Cc1ccc(N(CC(=O)Nc2ccccc2C(=O)NCCc2ccccc2)S(C)(=O)=O)c(C)c1. The fraction of sp³-hybridized carbons (Fsp3) is 0.231. The Labute approximate surface area is 200 Å². The number of amides is 2. The highest BCUT2D eigenvalue weighted by Crippen LogP contribution is 2.24. The van der Waals surface area contributed by atoms with Crippen LogP contribution in [-0.2, 0) is 21.2 Å². The molecule has 0 bridgehead atoms. The smallest absolute Gasteiger partial charge is 0.253 e. The highest BCUT2D eigenvalue weighted by molar-refractivity contribution is 7.92. The number of rotatable bonds is 9. The maximum absolute atomic E-state index is 12.8. The van der Waals surface area contributed by atoms with E-state index in [1.54, 1.807) is 43.3 Å². The van der Waals surface area contributed by atoms with Crippen molar-refractivity contribution in [1.82, 2.24) is 5.32 Å². The van der Waals surface area contributed by atoms with Gasteiger partial charge in [-0.05, 0) is 49.6 Å². The van der Waals surface area contributed by atoms with Crippen molar-refractivity contribution in [3.05, 3.63) is 95.1 Å². The second kappa shape index (κ2) is 11.0. The maximum atomic E-state index is 12.8. The van der Waals surface area contributed by atoms with Crippen LogP contribution in [0.5, 0.6) is 0 Å². The van der Waals surface area contributed by atoms with Crippen molar-refractivity contribution in [1.29, 1.82) is 0 Å². The quantitative estimate of drug-likeness (QED) is 0.489. The molecule has 0 fully saturated rings. The topological polar surface area (TPSA) is 95.6 Å². The summed E-state index contributed by atoms with van der Waals surface area (Å²) in [4.78, 5) is 25.6. The first-order valence-corrected chi connectivity index (χ1v) is 12.8. The molecule has 8 heteroatoms. The molecule has 178 valence electrons. The lowest BCUT2D eigenvalue weighted by molar-refractivity contribution is -0.114. The van der Waals surface area contributed by atoms with Crippen LogP contribution in [0.3, 0.4) is 0 Å². The van der Waals surface area contributed by atoms with Gasteiger partial charge in [0.2, 0.25) is 15.9 Å². The normalized spacial score (nSPS) is 11.0. The minimum atomic E-state index is -3.71. The monoisotopic (exact) mass is 479 g/mol. The molecule has 0 atom stereocenters. The van der Waals surface area contributed by atoms with E-state index >= 15 is 0 Å². The third-order valence-corrected chi connectivity index (χ3v) is 6.42. The van der Waals surface area contributed by atoms with Gasteiger partial charge in [0, 0.05) is 6.54 Å². The second-order valence-corrected chi connectivity index (χ2v) is 10.1. The average molecular weight is 480 g/mol. The number of hydrogen-bond donors (Lipinski definition) is 2. The molecule has 2 N–H and O–H groups in total. The molecule has 0 saturated carbocycles. The fourth-order valence-electron chi connectivity index (χ4n) is 3.64. The lowest BCUT2D eigenvalue weighted by atomic mass is 10.1. The van der Waals surface area contributed by atoms with Crippen molar-refractivity contribution < 1.29 is 18.0 Å². The van der Waals surface area contributed by atoms with E-state index in [4.69, 9.17) is 0 Å². The number of nitrogens with zero attached hydrogens (tertiary/aromatic N) is 1. The average Bonchev–Trinajstić information content (AvgIpc) is 2.78. The zero-order valence-electron chi connectivity index (χ0n) is 19.5. The number of hydrogen-bond acceptors (Lipinski definition) is 4. The van der Waals surface area contributed by atoms with Gasteiger partial charge in [-0.2, -0.15) is 0 Å². The van der Waals surface area contributed by atoms with Gasteiger partial charge in [0.1, 0.15) is 6.54 Å². The molecular formula is C26H29N3O4S. The molecule has 7 nitrogen and oxygen atoms in total. The molecular weight excluding hydrogens is 450 g/mol. The van der Waals surface area contributed by atoms with E-state index in [1.165, 1.54) is 0 Å². The number of nitrogens with one attached hydrogen (secondary N) is 2. The molecule has 0 aromatic heterocycles. The van der Waals surface area contributed by atoms with Gasteiger partial charge in [-0.15, -0.1) is 0 Å². The molecule has 0 heterocycles. The van der Waals surface area contributed by atoms with Gasteiger partial charge >= 0.3 is 0 Å². The van der Waals surface area contributed by atoms with Crippen molar-refractivity contribution in [2.75, 3.05) is 29.0 Å². The number of aryl methyl sites for hydroxylation is 2. The largest absolute Gasteiger partial charge is 0.352 e. The zero-order valence-corrected chi connectivity index (χ0v) is 20.4. The molecule has 3 aromatic carbocycles. The maximum Gasteiger partial charge on any atom is 0.253 e. The number of sulfonamides is 1. The zero-order chi connectivity index (χ0) is 24.7. The van der Waals surface area contributed by atoms with E-state index in [9.17, 15) is 18.0 Å². The second-order valence-electron chi connectivity index (χ2n) is 8.14. The Morgan fingerprint density at radius 3 is 2.26 bits per heavy atom. The van der Waals surface area contributed by atoms with Gasteiger partial charge in [-0.3, -0.25) is 13.9 Å². The third kappa shape index (κ3) is 6.68. The number of carbonyl (C=O) groups excluding carboxylic acids is 2. The Morgan fingerprint density at radius 2 is 1.59 bits per heavy atom. The number of benzene rings is 3. The van der Waals surface area contributed by atoms with Gasteiger partial charge in [0.25, 0.3) is 5.91 Å². The molecule has 3 aromatic rings. The Morgan fingerprint density at radius 1 is 0.912 bits per heavy atom. The van der Waals surface area contributed by atoms with Gasteiger partial charge in [-0.1, -0.05) is 60.2 Å². The van der Waals surface area contributed by atoms with Crippen LogP contribution < -0.4 is 14.9 Å². The van der Waals surface area contributed by atoms with Gasteiger partial charge in [0.05, 0.1) is 23.2 Å². The first kappa shape index (κ1) is 25.0. The van der Waals surface area contributed by atoms with Crippen LogP contribution in [0.25, 0.3) is 0 Å². The lowest BCUT2D eigenvalue weighted by Crippen LogP contribution is -2.38. The molecule has 0 saturated heterocycles. The van der Waals surface area contributed by atoms with Crippen molar-refractivity contribution in [3.63, 3.8) is 0 Å². The Kier molecular flexibility index (Phi) is 8.07. The summed E-state index contributed by atoms with van der Waals surface area (Å²) in [5.41, 5.74) is 3.91. The molecule has 0 aliphatic rings. The molecule has 0 aliphatic heterocycles. The van der Waals surface area contributed by atoms with Crippen LogP contribution in [0.1, 0.15) is 27.0 Å². The van der Waals surface area contributed by atoms with Crippen LogP contribution in [-0.4, -0.2) is 39.6 Å². The number of para-hydroxylation sites is 1. The molecule has 0 radical (unpaired) electrons. The van der Waals surface area contributed by atoms with Crippen LogP contribution in [0.2, 0.25) is 0 Å². The van der Waals surface area contributed by atoms with E-state index in [1.807, 2.05) is 43.3 Å². The Balaban J connectivity index is 1.71. The first-order valence-electron chi connectivity index (χ1n) is 10.9. The molecule has 0 aliphatic carbocycles. The fourth-order valence-corrected chi connectivity index (χ4v) is 4.55. The summed E-state index contributed by atoms with van der Waals surface area (Å²) in [7, 11) is -3.71. The molecule has 0 spiro atoms. The van der Waals surface area contributed by atoms with Gasteiger partial charge in [0.15, 0.2) is 0 Å². The standard InChI is InChI=1S/C26H29N3O4S/c1-19-13-14-24(20(2)17-19)29(34(3,32)33)18-25(30)28-23-12-8-7-11-22(23)26(31)27-16-15-21-9-5-4-6-10-21/h4-14,17H,15-16,18H2,1-3H3,(H,27,31)(H,28,30). The minimum absolute atomic E-state index is 0.307. The summed E-state index contributed by atoms with van der Waals surface area (Å²) in [5, 5.41) is 5.57. The van der Waals surface area contributed by atoms with Crippen LogP contribution >= 0.6 is 0 Å². The number of carbonyl (C=O) groups is 2. The molecule has 2 amide bonds. The summed E-state index contributed by atoms with van der Waals surface area (Å²) < 4.78 is 26.0. The van der Waals surface area contributed by atoms with Crippen LogP contribution in [0, 0.1) is 13.8 Å². The van der Waals surface area contributed by atoms with Crippen molar-refractivity contribution in [2.24, 2.45) is 0 Å². The van der Waals surface area contributed by atoms with Crippen molar-refractivity contribution in [2.45, 2.75) is 20.3 Å². The Bertz CT molecular complexity index is 1270. The third-order valence-electron chi connectivity index (χ3n) is 5.30. The van der Waals surface area contributed by atoms with Crippen LogP contribution in [0.4, 0.5) is 11.4 Å². The minimum Gasteiger partial charge on any atom is -0.352 e. The van der Waals surface area contributed by atoms with E-state index in [-0.39, 0.29) is 5.91 Å². The van der Waals surface area contributed by atoms with Gasteiger partial charge < -0.3 is 10.6 Å². The van der Waals surface area contributed by atoms with E-state index in [0.29, 0.717) is 29.9 Å². The highest BCUT2D eigenvalue weighted by Gasteiger charge is 2.23. The van der Waals surface area contributed by atoms with E-state index in [2.05, 4.69) is 10.6 Å². The molecule has 3 rings (SSSR count). The van der Waals surface area contributed by atoms with Crippen molar-refractivity contribution in [3.8, 4) is 0 Å². The summed E-state index contributed by atoms with van der Waals surface area (Å²) in [6.45, 7) is 3.75. The predicted octanol–water partition coefficient (Wildman–Crippen LogP) is 3.68. The van der Waals surface area contributed by atoms with E-state index in [0.717, 1.165) is 27.3 Å². The first-order chi connectivity index (χ1) is 16.1. The summed E-state index contributed by atoms with van der Waals surface area (Å²) in [5.74, 6) is -0.865. The van der Waals surface area contributed by atoms with E-state index < -0.39 is 22.5 Å². The van der Waals surface area contributed by atoms with Crippen molar-refractivity contribution >= 4 is 33.2 Å².